The Bertz CT molecular complexity index is 906. The molecule has 3 aromatic rings. The molecule has 1 atom stereocenters. The number of pyridine rings is 1. The Morgan fingerprint density at radius 3 is 2.50 bits per heavy atom. The standard InChI is InChI=1S/C19H18N4O3/c1-12(20)15-5-4-13(18(24)22-14-6-8-21-9-7-14)11-16(15)23-19(25)17-3-2-10-26-17/h2-12H,20H2,1H3,(H,23,25)(H,21,22,24). The fraction of sp³-hybridized carbons (Fsp3) is 0.105. The van der Waals surface area contributed by atoms with Gasteiger partial charge in [0.15, 0.2) is 5.76 Å². The third-order valence-corrected chi connectivity index (χ3v) is 3.74. The fourth-order valence-electron chi connectivity index (χ4n) is 2.43. The molecule has 0 bridgehead atoms. The van der Waals surface area contributed by atoms with Crippen molar-refractivity contribution >= 4 is 23.2 Å². The first-order chi connectivity index (χ1) is 12.5. The van der Waals surface area contributed by atoms with Crippen molar-refractivity contribution in [1.29, 1.82) is 0 Å². The molecule has 0 radical (unpaired) electrons. The maximum Gasteiger partial charge on any atom is 0.291 e. The molecule has 0 fully saturated rings. The number of rotatable bonds is 5. The first-order valence-corrected chi connectivity index (χ1v) is 8.00. The molecule has 0 aliphatic carbocycles. The van der Waals surface area contributed by atoms with Crippen molar-refractivity contribution in [2.45, 2.75) is 13.0 Å². The summed E-state index contributed by atoms with van der Waals surface area (Å²) in [5, 5.41) is 5.52. The molecular weight excluding hydrogens is 332 g/mol. The average molecular weight is 350 g/mol. The van der Waals surface area contributed by atoms with Crippen molar-refractivity contribution in [2.75, 3.05) is 10.6 Å². The van der Waals surface area contributed by atoms with E-state index in [9.17, 15) is 9.59 Å². The van der Waals surface area contributed by atoms with Crippen LogP contribution in [0.25, 0.3) is 0 Å². The van der Waals surface area contributed by atoms with Gasteiger partial charge in [-0.15, -0.1) is 0 Å². The molecule has 0 aliphatic heterocycles. The summed E-state index contributed by atoms with van der Waals surface area (Å²) in [4.78, 5) is 28.6. The number of aromatic nitrogens is 1. The van der Waals surface area contributed by atoms with Crippen molar-refractivity contribution < 1.29 is 14.0 Å². The minimum Gasteiger partial charge on any atom is -0.459 e. The lowest BCUT2D eigenvalue weighted by atomic mass is 10.0. The van der Waals surface area contributed by atoms with E-state index < -0.39 is 5.91 Å². The molecule has 0 aliphatic rings. The van der Waals surface area contributed by atoms with E-state index in [2.05, 4.69) is 15.6 Å². The maximum absolute atomic E-state index is 12.5. The quantitative estimate of drug-likeness (QED) is 0.654. The van der Waals surface area contributed by atoms with Gasteiger partial charge in [-0.1, -0.05) is 6.07 Å². The number of nitrogens with two attached hydrogens (primary N) is 1. The summed E-state index contributed by atoms with van der Waals surface area (Å²) < 4.78 is 5.10. The second-order valence-corrected chi connectivity index (χ2v) is 5.71. The van der Waals surface area contributed by atoms with Gasteiger partial charge < -0.3 is 20.8 Å². The molecule has 0 saturated carbocycles. The van der Waals surface area contributed by atoms with E-state index in [0.29, 0.717) is 22.5 Å². The summed E-state index contributed by atoms with van der Waals surface area (Å²) in [6.45, 7) is 1.80. The van der Waals surface area contributed by atoms with E-state index >= 15 is 0 Å². The van der Waals surface area contributed by atoms with Gasteiger partial charge in [0.1, 0.15) is 0 Å². The molecule has 1 aromatic carbocycles. The van der Waals surface area contributed by atoms with Crippen LogP contribution in [0.15, 0.2) is 65.5 Å². The van der Waals surface area contributed by atoms with Gasteiger partial charge >= 0.3 is 0 Å². The highest BCUT2D eigenvalue weighted by Crippen LogP contribution is 2.24. The Morgan fingerprint density at radius 2 is 1.85 bits per heavy atom. The number of furan rings is 1. The van der Waals surface area contributed by atoms with Crippen molar-refractivity contribution in [3.63, 3.8) is 0 Å². The number of nitrogens with zero attached hydrogens (tertiary/aromatic N) is 1. The van der Waals surface area contributed by atoms with Gasteiger partial charge in [0, 0.05) is 35.4 Å². The van der Waals surface area contributed by atoms with E-state index in [-0.39, 0.29) is 17.7 Å². The summed E-state index contributed by atoms with van der Waals surface area (Å²) in [6.07, 6.45) is 4.59. The number of amides is 2. The third-order valence-electron chi connectivity index (χ3n) is 3.74. The smallest absolute Gasteiger partial charge is 0.291 e. The summed E-state index contributed by atoms with van der Waals surface area (Å²) in [5.74, 6) is -0.545. The highest BCUT2D eigenvalue weighted by molar-refractivity contribution is 6.07. The highest BCUT2D eigenvalue weighted by atomic mass is 16.3. The second-order valence-electron chi connectivity index (χ2n) is 5.71. The number of nitrogens with one attached hydrogen (secondary N) is 2. The summed E-state index contributed by atoms with van der Waals surface area (Å²) in [5.41, 5.74) is 8.17. The van der Waals surface area contributed by atoms with Crippen molar-refractivity contribution in [2.24, 2.45) is 5.73 Å². The van der Waals surface area contributed by atoms with Gasteiger partial charge in [-0.05, 0) is 48.9 Å². The predicted octanol–water partition coefficient (Wildman–Crippen LogP) is 3.20. The minimum absolute atomic E-state index is 0.173. The molecule has 0 spiro atoms. The lowest BCUT2D eigenvalue weighted by Gasteiger charge is -2.15. The van der Waals surface area contributed by atoms with Crippen LogP contribution in [0.1, 0.15) is 39.4 Å². The lowest BCUT2D eigenvalue weighted by molar-refractivity contribution is 0.0993. The minimum atomic E-state index is -0.413. The van der Waals surface area contributed by atoms with E-state index in [1.807, 2.05) is 0 Å². The van der Waals surface area contributed by atoms with Crippen molar-refractivity contribution in [3.05, 3.63) is 78.0 Å². The topological polar surface area (TPSA) is 110 Å². The van der Waals surface area contributed by atoms with Gasteiger partial charge in [0.05, 0.1) is 6.26 Å². The molecule has 132 valence electrons. The Labute approximate surface area is 150 Å². The highest BCUT2D eigenvalue weighted by Gasteiger charge is 2.16. The molecule has 1 unspecified atom stereocenters. The van der Waals surface area contributed by atoms with Crippen LogP contribution in [0.4, 0.5) is 11.4 Å². The van der Waals surface area contributed by atoms with Crippen molar-refractivity contribution in [1.82, 2.24) is 4.98 Å². The van der Waals surface area contributed by atoms with Crippen LogP contribution in [0, 0.1) is 0 Å². The maximum atomic E-state index is 12.5. The number of benzene rings is 1. The number of hydrogen-bond acceptors (Lipinski definition) is 5. The fourth-order valence-corrected chi connectivity index (χ4v) is 2.43. The van der Waals surface area contributed by atoms with Crippen LogP contribution >= 0.6 is 0 Å². The van der Waals surface area contributed by atoms with Crippen LogP contribution in [0.3, 0.4) is 0 Å². The molecule has 2 aromatic heterocycles. The van der Waals surface area contributed by atoms with E-state index in [0.717, 1.165) is 0 Å². The third kappa shape index (κ3) is 3.96. The van der Waals surface area contributed by atoms with Gasteiger partial charge in [-0.3, -0.25) is 14.6 Å². The van der Waals surface area contributed by atoms with Crippen LogP contribution in [-0.2, 0) is 0 Å². The Morgan fingerprint density at radius 1 is 1.08 bits per heavy atom. The zero-order valence-electron chi connectivity index (χ0n) is 14.1. The first kappa shape index (κ1) is 17.4. The first-order valence-electron chi connectivity index (χ1n) is 8.00. The van der Waals surface area contributed by atoms with Crippen molar-refractivity contribution in [3.8, 4) is 0 Å². The predicted molar refractivity (Wildman–Crippen MR) is 97.9 cm³/mol. The SMILES string of the molecule is CC(N)c1ccc(C(=O)Nc2ccncc2)cc1NC(=O)c1ccco1. The van der Waals surface area contributed by atoms with Gasteiger partial charge in [0.25, 0.3) is 11.8 Å². The lowest BCUT2D eigenvalue weighted by Crippen LogP contribution is -2.18. The van der Waals surface area contributed by atoms with Crippen LogP contribution in [0.2, 0.25) is 0 Å². The molecule has 7 heteroatoms. The Hall–Kier alpha value is -3.45. The molecular formula is C19H18N4O3. The van der Waals surface area contributed by atoms with Crippen LogP contribution in [-0.4, -0.2) is 16.8 Å². The van der Waals surface area contributed by atoms with Gasteiger partial charge in [-0.25, -0.2) is 0 Å². The van der Waals surface area contributed by atoms with E-state index in [1.54, 1.807) is 61.8 Å². The van der Waals surface area contributed by atoms with Crippen LogP contribution in [0.5, 0.6) is 0 Å². The summed E-state index contributed by atoms with van der Waals surface area (Å²) in [7, 11) is 0. The summed E-state index contributed by atoms with van der Waals surface area (Å²) in [6, 6.07) is 11.2. The zero-order valence-corrected chi connectivity index (χ0v) is 14.1. The Balaban J connectivity index is 1.86. The second kappa shape index (κ2) is 7.62. The van der Waals surface area contributed by atoms with E-state index in [4.69, 9.17) is 10.2 Å². The molecule has 2 heterocycles. The normalized spacial score (nSPS) is 11.6. The molecule has 26 heavy (non-hydrogen) atoms. The number of anilines is 2. The number of carbonyl (C=O) groups excluding carboxylic acids is 2. The average Bonchev–Trinajstić information content (AvgIpc) is 3.17. The zero-order chi connectivity index (χ0) is 18.5. The molecule has 3 rings (SSSR count). The summed E-state index contributed by atoms with van der Waals surface area (Å²) >= 11 is 0. The van der Waals surface area contributed by atoms with Gasteiger partial charge in [0.2, 0.25) is 0 Å². The molecule has 4 N–H and O–H groups in total. The molecule has 2 amide bonds. The number of hydrogen-bond donors (Lipinski definition) is 3. The van der Waals surface area contributed by atoms with Crippen LogP contribution < -0.4 is 16.4 Å². The monoisotopic (exact) mass is 350 g/mol. The van der Waals surface area contributed by atoms with Gasteiger partial charge in [-0.2, -0.15) is 0 Å². The molecule has 7 nitrogen and oxygen atoms in total. The largest absolute Gasteiger partial charge is 0.459 e. The van der Waals surface area contributed by atoms with E-state index in [1.165, 1.54) is 6.26 Å². The molecule has 0 saturated heterocycles. The Kier molecular flexibility index (Phi) is 5.09. The number of carbonyl (C=O) groups is 2.